The second-order valence-electron chi connectivity index (χ2n) is 4.48. The van der Waals surface area contributed by atoms with Gasteiger partial charge < -0.3 is 0 Å². The number of benzene rings is 1. The van der Waals surface area contributed by atoms with Gasteiger partial charge in [0.1, 0.15) is 11.6 Å². The third-order valence-corrected chi connectivity index (χ3v) is 4.41. The molecule has 0 unspecified atom stereocenters. The average Bonchev–Trinajstić information content (AvgIpc) is 2.80. The van der Waals surface area contributed by atoms with Crippen molar-refractivity contribution in [2.24, 2.45) is 0 Å². The van der Waals surface area contributed by atoms with Gasteiger partial charge in [-0.25, -0.2) is 8.42 Å². The van der Waals surface area contributed by atoms with Crippen molar-refractivity contribution >= 4 is 33.0 Å². The van der Waals surface area contributed by atoms with Crippen LogP contribution in [0, 0.1) is 11.3 Å². The summed E-state index contributed by atoms with van der Waals surface area (Å²) in [5, 5.41) is 13.6. The highest BCUT2D eigenvalue weighted by atomic mass is 35.5. The smallest absolute Gasteiger partial charge is 0.275 e. The Morgan fingerprint density at radius 1 is 1.26 bits per heavy atom. The molecular weight excluding hydrogens is 378 g/mol. The lowest BCUT2D eigenvalue weighted by molar-refractivity contribution is -0.137. The summed E-state index contributed by atoms with van der Waals surface area (Å²) in [7, 11) is -3.82. The first kappa shape index (κ1) is 17.6. The molecule has 1 N–H and O–H groups in total. The molecule has 0 bridgehead atoms. The summed E-state index contributed by atoms with van der Waals surface area (Å²) in [5.41, 5.74) is -1.76. The van der Waals surface area contributed by atoms with Gasteiger partial charge in [0.05, 0.1) is 21.3 Å². The van der Waals surface area contributed by atoms with E-state index in [1.54, 1.807) is 6.07 Å². The van der Waals surface area contributed by atoms with Gasteiger partial charge in [-0.2, -0.15) is 23.5 Å². The van der Waals surface area contributed by atoms with E-state index in [0.717, 1.165) is 6.26 Å². The highest BCUT2D eigenvalue weighted by molar-refractivity contribution is 7.90. The minimum atomic E-state index is -4.66. The zero-order chi connectivity index (χ0) is 17.6. The van der Waals surface area contributed by atoms with Crippen molar-refractivity contribution in [3.8, 4) is 17.3 Å². The fourth-order valence-corrected chi connectivity index (χ4v) is 3.26. The van der Waals surface area contributed by atoms with E-state index in [9.17, 15) is 21.6 Å². The quantitative estimate of drug-likeness (QED) is 0.856. The molecule has 0 spiro atoms. The molecule has 0 atom stereocenters. The Morgan fingerprint density at radius 3 is 2.17 bits per heavy atom. The Balaban J connectivity index is 2.75. The minimum absolute atomic E-state index is 0.139. The van der Waals surface area contributed by atoms with Crippen molar-refractivity contribution in [3.05, 3.63) is 33.3 Å². The maximum absolute atomic E-state index is 12.7. The zero-order valence-corrected chi connectivity index (χ0v) is 13.5. The van der Waals surface area contributed by atoms with Crippen LogP contribution in [0.25, 0.3) is 11.3 Å². The number of hydrogen-bond donors (Lipinski definition) is 1. The number of aromatic nitrogens is 2. The van der Waals surface area contributed by atoms with Crippen LogP contribution in [0.3, 0.4) is 0 Å². The number of hydrogen-bond acceptors (Lipinski definition) is 4. The molecule has 1 heterocycles. The van der Waals surface area contributed by atoms with Gasteiger partial charge in [-0.1, -0.05) is 23.2 Å². The van der Waals surface area contributed by atoms with E-state index in [0.29, 0.717) is 12.1 Å². The summed E-state index contributed by atoms with van der Waals surface area (Å²) in [4.78, 5) is 0. The van der Waals surface area contributed by atoms with Crippen LogP contribution in [-0.2, 0) is 16.0 Å². The van der Waals surface area contributed by atoms with Gasteiger partial charge in [-0.15, -0.1) is 0 Å². The second kappa shape index (κ2) is 5.70. The molecule has 2 aromatic rings. The highest BCUT2D eigenvalue weighted by Crippen LogP contribution is 2.41. The number of halogens is 5. The first-order valence-electron chi connectivity index (χ1n) is 5.72. The molecule has 0 aliphatic heterocycles. The molecule has 0 aliphatic rings. The third-order valence-electron chi connectivity index (χ3n) is 2.82. The number of alkyl halides is 3. The second-order valence-corrected chi connectivity index (χ2v) is 7.22. The maximum Gasteiger partial charge on any atom is 0.416 e. The molecular formula is C12H6Cl2F3N3O2S. The Labute approximate surface area is 138 Å². The summed E-state index contributed by atoms with van der Waals surface area (Å²) in [6.45, 7) is 0. The zero-order valence-electron chi connectivity index (χ0n) is 11.2. The number of nitriles is 1. The molecule has 0 amide bonds. The molecule has 1 aromatic carbocycles. The van der Waals surface area contributed by atoms with Crippen LogP contribution in [0.1, 0.15) is 11.1 Å². The molecule has 122 valence electrons. The normalized spacial score (nSPS) is 12.2. The number of sulfone groups is 1. The van der Waals surface area contributed by atoms with Crippen LogP contribution < -0.4 is 0 Å². The number of rotatable bonds is 2. The van der Waals surface area contributed by atoms with Gasteiger partial charge in [0.15, 0.2) is 14.9 Å². The summed E-state index contributed by atoms with van der Waals surface area (Å²) in [6, 6.07) is 2.90. The molecule has 0 fully saturated rings. The van der Waals surface area contributed by atoms with E-state index in [2.05, 4.69) is 10.2 Å². The number of aromatic amines is 1. The fourth-order valence-electron chi connectivity index (χ4n) is 1.85. The monoisotopic (exact) mass is 383 g/mol. The van der Waals surface area contributed by atoms with Crippen molar-refractivity contribution in [2.75, 3.05) is 6.26 Å². The maximum atomic E-state index is 12.7. The molecule has 0 aliphatic carbocycles. The van der Waals surface area contributed by atoms with Crippen LogP contribution in [-0.4, -0.2) is 24.9 Å². The van der Waals surface area contributed by atoms with E-state index < -0.39 is 36.6 Å². The molecule has 23 heavy (non-hydrogen) atoms. The van der Waals surface area contributed by atoms with Crippen LogP contribution in [0.15, 0.2) is 17.2 Å². The van der Waals surface area contributed by atoms with E-state index in [1.807, 2.05) is 0 Å². The van der Waals surface area contributed by atoms with Crippen LogP contribution >= 0.6 is 23.2 Å². The number of nitrogens with one attached hydrogen (secondary N) is 1. The van der Waals surface area contributed by atoms with Gasteiger partial charge in [0.25, 0.3) is 0 Å². The molecule has 5 nitrogen and oxygen atoms in total. The summed E-state index contributed by atoms with van der Waals surface area (Å²) < 4.78 is 61.3. The standard InChI is InChI=1S/C12H6Cl2F3N3O2S/c1-23(21,22)11-6(4-18)10(19-20-11)9-7(13)2-5(3-8(9)14)12(15,16)17/h2-3H,1H3,(H,19,20). The number of nitrogens with zero attached hydrogens (tertiary/aromatic N) is 2. The van der Waals surface area contributed by atoms with E-state index in [1.165, 1.54) is 0 Å². The minimum Gasteiger partial charge on any atom is -0.275 e. The molecule has 0 saturated carbocycles. The molecule has 0 radical (unpaired) electrons. The fraction of sp³-hybridized carbons (Fsp3) is 0.167. The van der Waals surface area contributed by atoms with E-state index in [-0.39, 0.29) is 16.8 Å². The predicted octanol–water partition coefficient (Wildman–Crippen LogP) is 3.68. The van der Waals surface area contributed by atoms with Gasteiger partial charge in [-0.3, -0.25) is 5.10 Å². The highest BCUT2D eigenvalue weighted by Gasteiger charge is 2.33. The van der Waals surface area contributed by atoms with Crippen LogP contribution in [0.5, 0.6) is 0 Å². The van der Waals surface area contributed by atoms with E-state index in [4.69, 9.17) is 28.5 Å². The summed E-state index contributed by atoms with van der Waals surface area (Å²) >= 11 is 11.7. The first-order valence-corrected chi connectivity index (χ1v) is 8.36. The van der Waals surface area contributed by atoms with Gasteiger partial charge >= 0.3 is 6.18 Å². The van der Waals surface area contributed by atoms with Gasteiger partial charge in [0, 0.05) is 11.8 Å². The molecule has 11 heteroatoms. The lowest BCUT2D eigenvalue weighted by Gasteiger charge is -2.11. The SMILES string of the molecule is CS(=O)(=O)c1n[nH]c(-c2c(Cl)cc(C(F)(F)F)cc2Cl)c1C#N. The van der Waals surface area contributed by atoms with E-state index >= 15 is 0 Å². The average molecular weight is 384 g/mol. The van der Waals surface area contributed by atoms with Crippen molar-refractivity contribution in [1.82, 2.24) is 10.2 Å². The first-order chi connectivity index (χ1) is 10.5. The molecule has 2 rings (SSSR count). The third kappa shape index (κ3) is 3.29. The van der Waals surface area contributed by atoms with Crippen molar-refractivity contribution in [3.63, 3.8) is 0 Å². The van der Waals surface area contributed by atoms with Gasteiger partial charge in [0.2, 0.25) is 0 Å². The largest absolute Gasteiger partial charge is 0.416 e. The van der Waals surface area contributed by atoms with Crippen molar-refractivity contribution < 1.29 is 21.6 Å². The summed E-state index contributed by atoms with van der Waals surface area (Å²) in [5.74, 6) is 0. The topological polar surface area (TPSA) is 86.6 Å². The molecule has 0 saturated heterocycles. The van der Waals surface area contributed by atoms with Gasteiger partial charge in [-0.05, 0) is 12.1 Å². The Morgan fingerprint density at radius 2 is 1.78 bits per heavy atom. The van der Waals surface area contributed by atoms with Crippen molar-refractivity contribution in [2.45, 2.75) is 11.2 Å². The summed E-state index contributed by atoms with van der Waals surface area (Å²) in [6.07, 6.45) is -3.82. The lowest BCUT2D eigenvalue weighted by Crippen LogP contribution is -2.05. The Kier molecular flexibility index (Phi) is 4.36. The number of H-pyrrole nitrogens is 1. The molecule has 1 aromatic heterocycles. The Bertz CT molecular complexity index is 907. The lowest BCUT2D eigenvalue weighted by atomic mass is 10.1. The Hall–Kier alpha value is -1.76. The van der Waals surface area contributed by atoms with Crippen LogP contribution in [0.4, 0.5) is 13.2 Å². The van der Waals surface area contributed by atoms with Crippen molar-refractivity contribution in [1.29, 1.82) is 5.26 Å². The van der Waals surface area contributed by atoms with Crippen LogP contribution in [0.2, 0.25) is 10.0 Å². The predicted molar refractivity (Wildman–Crippen MR) is 76.9 cm³/mol.